The summed E-state index contributed by atoms with van der Waals surface area (Å²) in [6.45, 7) is 12.3. The molecule has 0 spiro atoms. The van der Waals surface area contributed by atoms with Crippen LogP contribution < -0.4 is 0 Å². The van der Waals surface area contributed by atoms with Crippen molar-refractivity contribution in [3.8, 4) is 0 Å². The average Bonchev–Trinajstić information content (AvgIpc) is 2.38. The molecule has 0 aromatic rings. The van der Waals surface area contributed by atoms with Crippen LogP contribution in [0.25, 0.3) is 0 Å². The molecule has 2 fully saturated rings. The number of likely N-dealkylation sites (tertiary alicyclic amines) is 2. The second-order valence-electron chi connectivity index (χ2n) is 5.57. The Balaban J connectivity index is 2.06. The summed E-state index contributed by atoms with van der Waals surface area (Å²) in [4.78, 5) is 5.12. The highest BCUT2D eigenvalue weighted by Gasteiger charge is 2.48. The highest BCUT2D eigenvalue weighted by molar-refractivity contribution is 5.01. The van der Waals surface area contributed by atoms with Gasteiger partial charge in [-0.1, -0.05) is 6.92 Å². The van der Waals surface area contributed by atoms with Gasteiger partial charge < -0.3 is 4.90 Å². The van der Waals surface area contributed by atoms with Crippen molar-refractivity contribution in [1.29, 1.82) is 0 Å². The minimum Gasteiger partial charge on any atom is -0.305 e. The van der Waals surface area contributed by atoms with E-state index in [-0.39, 0.29) is 0 Å². The summed E-state index contributed by atoms with van der Waals surface area (Å²) in [6, 6.07) is 0.729. The van der Waals surface area contributed by atoms with Gasteiger partial charge in [0.25, 0.3) is 0 Å². The van der Waals surface area contributed by atoms with Crippen molar-refractivity contribution in [2.24, 2.45) is 11.3 Å². The van der Waals surface area contributed by atoms with Crippen LogP contribution in [-0.2, 0) is 0 Å². The maximum Gasteiger partial charge on any atom is 0.00540 e. The van der Waals surface area contributed by atoms with Crippen LogP contribution in [0.5, 0.6) is 0 Å². The van der Waals surface area contributed by atoms with Gasteiger partial charge in [-0.25, -0.2) is 0 Å². The van der Waals surface area contributed by atoms with Crippen molar-refractivity contribution < 1.29 is 0 Å². The molecule has 2 atom stereocenters. The highest BCUT2D eigenvalue weighted by Crippen LogP contribution is 2.41. The molecule has 0 bridgehead atoms. The van der Waals surface area contributed by atoms with Crippen LogP contribution in [0, 0.1) is 11.3 Å². The number of hydrogen-bond donors (Lipinski definition) is 0. The fourth-order valence-corrected chi connectivity index (χ4v) is 3.07. The third kappa shape index (κ3) is 1.50. The smallest absolute Gasteiger partial charge is 0.00540 e. The summed E-state index contributed by atoms with van der Waals surface area (Å²) in [5.41, 5.74) is 0.582. The van der Waals surface area contributed by atoms with Gasteiger partial charge in [-0.3, -0.25) is 4.90 Å². The summed E-state index contributed by atoms with van der Waals surface area (Å²) in [6.07, 6.45) is 0. The fraction of sp³-hybridized carbons (Fsp3) is 1.00. The Morgan fingerprint density at radius 3 is 2.46 bits per heavy atom. The molecule has 0 aromatic heterocycles. The van der Waals surface area contributed by atoms with E-state index in [1.165, 1.54) is 26.2 Å². The van der Waals surface area contributed by atoms with Crippen LogP contribution in [0.2, 0.25) is 0 Å². The van der Waals surface area contributed by atoms with E-state index < -0.39 is 0 Å². The van der Waals surface area contributed by atoms with E-state index in [4.69, 9.17) is 0 Å². The number of fused-ring (bicyclic) bond motifs is 1. The zero-order valence-corrected chi connectivity index (χ0v) is 9.38. The molecule has 2 nitrogen and oxygen atoms in total. The molecular weight excluding hydrogens is 160 g/mol. The lowest BCUT2D eigenvalue weighted by Gasteiger charge is -2.26. The van der Waals surface area contributed by atoms with E-state index >= 15 is 0 Å². The SMILES string of the molecule is CC(C)N1C[C@@H]2CN(C)C[C@]2(C)C1. The average molecular weight is 182 g/mol. The third-order valence-corrected chi connectivity index (χ3v) is 3.90. The highest BCUT2D eigenvalue weighted by atomic mass is 15.2. The van der Waals surface area contributed by atoms with E-state index in [2.05, 4.69) is 37.6 Å². The maximum atomic E-state index is 2.64. The molecule has 2 heteroatoms. The molecule has 2 rings (SSSR count). The van der Waals surface area contributed by atoms with Gasteiger partial charge in [0.1, 0.15) is 0 Å². The van der Waals surface area contributed by atoms with Gasteiger partial charge in [-0.05, 0) is 32.2 Å². The summed E-state index contributed by atoms with van der Waals surface area (Å²) in [5, 5.41) is 0. The van der Waals surface area contributed by atoms with Crippen LogP contribution >= 0.6 is 0 Å². The molecule has 13 heavy (non-hydrogen) atoms. The Kier molecular flexibility index (Phi) is 2.16. The van der Waals surface area contributed by atoms with E-state index in [1.807, 2.05) is 0 Å². The van der Waals surface area contributed by atoms with Crippen LogP contribution in [0.15, 0.2) is 0 Å². The molecule has 2 heterocycles. The number of nitrogens with zero attached hydrogens (tertiary/aromatic N) is 2. The van der Waals surface area contributed by atoms with Crippen molar-refractivity contribution in [3.05, 3.63) is 0 Å². The molecule has 76 valence electrons. The van der Waals surface area contributed by atoms with Crippen LogP contribution in [0.1, 0.15) is 20.8 Å². The van der Waals surface area contributed by atoms with Gasteiger partial charge in [0.05, 0.1) is 0 Å². The van der Waals surface area contributed by atoms with Crippen LogP contribution in [0.3, 0.4) is 0 Å². The van der Waals surface area contributed by atoms with Crippen molar-refractivity contribution >= 4 is 0 Å². The maximum absolute atomic E-state index is 2.64. The molecule has 0 aromatic carbocycles. The molecule has 2 aliphatic rings. The Hall–Kier alpha value is -0.0800. The van der Waals surface area contributed by atoms with Gasteiger partial charge in [0.15, 0.2) is 0 Å². The summed E-state index contributed by atoms with van der Waals surface area (Å²) < 4.78 is 0. The van der Waals surface area contributed by atoms with E-state index in [1.54, 1.807) is 0 Å². The summed E-state index contributed by atoms with van der Waals surface area (Å²) >= 11 is 0. The molecule has 0 radical (unpaired) electrons. The monoisotopic (exact) mass is 182 g/mol. The van der Waals surface area contributed by atoms with E-state index in [9.17, 15) is 0 Å². The van der Waals surface area contributed by atoms with Gasteiger partial charge in [0.2, 0.25) is 0 Å². The van der Waals surface area contributed by atoms with Gasteiger partial charge >= 0.3 is 0 Å². The Morgan fingerprint density at radius 2 is 1.92 bits per heavy atom. The first-order chi connectivity index (χ1) is 6.01. The molecule has 0 saturated carbocycles. The largest absolute Gasteiger partial charge is 0.305 e. The lowest BCUT2D eigenvalue weighted by Crippen LogP contribution is -2.34. The predicted molar refractivity (Wildman–Crippen MR) is 55.8 cm³/mol. The first kappa shape index (κ1) is 9.47. The molecule has 2 aliphatic heterocycles. The third-order valence-electron chi connectivity index (χ3n) is 3.90. The standard InChI is InChI=1S/C11H22N2/c1-9(2)13-6-10-5-12(4)7-11(10,3)8-13/h9-10H,5-8H2,1-4H3/t10-,11+/m0/s1. The van der Waals surface area contributed by atoms with Gasteiger partial charge in [0, 0.05) is 32.2 Å². The minimum atomic E-state index is 0.582. The van der Waals surface area contributed by atoms with Crippen molar-refractivity contribution in [2.45, 2.75) is 26.8 Å². The Morgan fingerprint density at radius 1 is 1.23 bits per heavy atom. The lowest BCUT2D eigenvalue weighted by atomic mass is 9.83. The van der Waals surface area contributed by atoms with E-state index in [0.29, 0.717) is 5.41 Å². The zero-order valence-electron chi connectivity index (χ0n) is 9.38. The number of hydrogen-bond acceptors (Lipinski definition) is 2. The molecular formula is C11H22N2. The quantitative estimate of drug-likeness (QED) is 0.603. The van der Waals surface area contributed by atoms with Gasteiger partial charge in [-0.2, -0.15) is 0 Å². The molecule has 0 N–H and O–H groups in total. The Labute approximate surface area is 81.9 Å². The predicted octanol–water partition coefficient (Wildman–Crippen LogP) is 1.28. The first-order valence-electron chi connectivity index (χ1n) is 5.44. The second-order valence-corrected chi connectivity index (χ2v) is 5.57. The molecule has 0 unspecified atom stereocenters. The lowest BCUT2D eigenvalue weighted by molar-refractivity contribution is 0.211. The van der Waals surface area contributed by atoms with Crippen molar-refractivity contribution in [2.75, 3.05) is 33.2 Å². The minimum absolute atomic E-state index is 0.582. The second kappa shape index (κ2) is 2.96. The summed E-state index contributed by atoms with van der Waals surface area (Å²) in [5.74, 6) is 0.917. The molecule has 0 amide bonds. The zero-order chi connectivity index (χ0) is 9.64. The Bertz CT molecular complexity index is 202. The normalized spacial score (nSPS) is 41.8. The topological polar surface area (TPSA) is 6.48 Å². The fourth-order valence-electron chi connectivity index (χ4n) is 3.07. The van der Waals surface area contributed by atoms with Gasteiger partial charge in [-0.15, -0.1) is 0 Å². The summed E-state index contributed by atoms with van der Waals surface area (Å²) in [7, 11) is 2.25. The van der Waals surface area contributed by atoms with Crippen molar-refractivity contribution in [3.63, 3.8) is 0 Å². The first-order valence-corrected chi connectivity index (χ1v) is 5.44. The van der Waals surface area contributed by atoms with E-state index in [0.717, 1.165) is 12.0 Å². The van der Waals surface area contributed by atoms with Crippen LogP contribution in [-0.4, -0.2) is 49.1 Å². The molecule has 2 saturated heterocycles. The van der Waals surface area contributed by atoms with Crippen molar-refractivity contribution in [1.82, 2.24) is 9.80 Å². The molecule has 0 aliphatic carbocycles. The number of rotatable bonds is 1. The van der Waals surface area contributed by atoms with Crippen LogP contribution in [0.4, 0.5) is 0 Å².